The van der Waals surface area contributed by atoms with Gasteiger partial charge in [-0.15, -0.1) is 0 Å². The molecule has 0 bridgehead atoms. The Morgan fingerprint density at radius 2 is 1.56 bits per heavy atom. The van der Waals surface area contributed by atoms with Crippen LogP contribution in [0.3, 0.4) is 0 Å². The summed E-state index contributed by atoms with van der Waals surface area (Å²) in [6.07, 6.45) is -2.28. The summed E-state index contributed by atoms with van der Waals surface area (Å²) in [5.41, 5.74) is 0. The fraction of sp³-hybridized carbons (Fsp3) is 0. The number of hydrogen-bond donors (Lipinski definition) is 0. The lowest BCUT2D eigenvalue weighted by Crippen LogP contribution is -1.75. The zero-order valence-corrected chi connectivity index (χ0v) is 8.90. The molecule has 4 heteroatoms. The van der Waals surface area contributed by atoms with Crippen LogP contribution in [0.25, 0.3) is 10.8 Å². The van der Waals surface area contributed by atoms with Crippen LogP contribution in [0.4, 0.5) is 13.2 Å². The van der Waals surface area contributed by atoms with Crippen LogP contribution < -0.4 is 0 Å². The van der Waals surface area contributed by atoms with Crippen LogP contribution in [0.5, 0.6) is 0 Å². The molecule has 0 aromatic heterocycles. The van der Waals surface area contributed by atoms with E-state index < -0.39 is 11.2 Å². The van der Waals surface area contributed by atoms with Crippen molar-refractivity contribution in [1.29, 1.82) is 0 Å². The Bertz CT molecular complexity index is 545. The van der Waals surface area contributed by atoms with E-state index >= 15 is 0 Å². The van der Waals surface area contributed by atoms with Crippen molar-refractivity contribution in [3.05, 3.63) is 53.7 Å². The van der Waals surface area contributed by atoms with Gasteiger partial charge in [-0.3, -0.25) is 0 Å². The molecule has 0 radical (unpaired) electrons. The van der Waals surface area contributed by atoms with Gasteiger partial charge in [-0.1, -0.05) is 42.1 Å². The highest BCUT2D eigenvalue weighted by atomic mass is 32.2. The van der Waals surface area contributed by atoms with E-state index in [1.165, 1.54) is 0 Å². The van der Waals surface area contributed by atoms with Gasteiger partial charge in [-0.25, -0.2) is 0 Å². The number of rotatable bonds is 2. The lowest BCUT2D eigenvalue weighted by molar-refractivity contribution is 0.395. The first-order chi connectivity index (χ1) is 7.66. The van der Waals surface area contributed by atoms with Crippen molar-refractivity contribution >= 4 is 22.5 Å². The molecule has 2 aromatic carbocycles. The second-order valence-corrected chi connectivity index (χ2v) is 4.18. The van der Waals surface area contributed by atoms with E-state index in [1.807, 2.05) is 24.3 Å². The maximum atomic E-state index is 12.7. The molecular formula is C12H7F3S. The number of halogens is 3. The Balaban J connectivity index is 2.37. The second kappa shape index (κ2) is 4.61. The molecule has 0 atom stereocenters. The van der Waals surface area contributed by atoms with E-state index in [2.05, 4.69) is 0 Å². The summed E-state index contributed by atoms with van der Waals surface area (Å²) in [7, 11) is 0. The summed E-state index contributed by atoms with van der Waals surface area (Å²) < 4.78 is 36.5. The lowest BCUT2D eigenvalue weighted by Gasteiger charge is -2.01. The van der Waals surface area contributed by atoms with E-state index in [4.69, 9.17) is 0 Å². The highest BCUT2D eigenvalue weighted by Crippen LogP contribution is 2.32. The predicted molar refractivity (Wildman–Crippen MR) is 60.2 cm³/mol. The maximum Gasteiger partial charge on any atom is 0.312 e. The van der Waals surface area contributed by atoms with Crippen molar-refractivity contribution in [3.8, 4) is 0 Å². The minimum Gasteiger partial charge on any atom is -0.193 e. The molecule has 0 aliphatic carbocycles. The number of hydrogen-bond acceptors (Lipinski definition) is 1. The maximum absolute atomic E-state index is 12.7. The van der Waals surface area contributed by atoms with Crippen LogP contribution in [0.1, 0.15) is 0 Å². The third kappa shape index (κ3) is 2.39. The SMILES string of the molecule is FC(F)=C(F)Sc1ccc2ccccc2c1. The largest absolute Gasteiger partial charge is 0.312 e. The molecule has 0 unspecified atom stereocenters. The molecule has 0 amide bonds. The molecule has 0 spiro atoms. The Hall–Kier alpha value is -1.42. The van der Waals surface area contributed by atoms with E-state index in [-0.39, 0.29) is 0 Å². The van der Waals surface area contributed by atoms with Gasteiger partial charge < -0.3 is 0 Å². The molecule has 0 aliphatic rings. The first-order valence-corrected chi connectivity index (χ1v) is 5.36. The lowest BCUT2D eigenvalue weighted by atomic mass is 10.1. The molecule has 0 fully saturated rings. The number of thioether (sulfide) groups is 1. The van der Waals surface area contributed by atoms with E-state index in [9.17, 15) is 13.2 Å². The van der Waals surface area contributed by atoms with Crippen LogP contribution in [0.15, 0.2) is 58.6 Å². The van der Waals surface area contributed by atoms with Crippen molar-refractivity contribution < 1.29 is 13.2 Å². The van der Waals surface area contributed by atoms with Crippen LogP contribution >= 0.6 is 11.8 Å². The molecule has 0 saturated heterocycles. The molecule has 0 saturated carbocycles. The smallest absolute Gasteiger partial charge is 0.193 e. The molecule has 2 aromatic rings. The van der Waals surface area contributed by atoms with Crippen molar-refractivity contribution in [2.45, 2.75) is 4.90 Å². The summed E-state index contributed by atoms with van der Waals surface area (Å²) in [5.74, 6) is 0. The Labute approximate surface area is 94.8 Å². The van der Waals surface area contributed by atoms with Crippen molar-refractivity contribution in [1.82, 2.24) is 0 Å². The van der Waals surface area contributed by atoms with Gasteiger partial charge in [-0.2, -0.15) is 13.2 Å². The van der Waals surface area contributed by atoms with Crippen LogP contribution in [-0.2, 0) is 0 Å². The van der Waals surface area contributed by atoms with Gasteiger partial charge in [-0.05, 0) is 22.9 Å². The molecular weight excluding hydrogens is 233 g/mol. The van der Waals surface area contributed by atoms with E-state index in [1.54, 1.807) is 18.2 Å². The van der Waals surface area contributed by atoms with Crippen molar-refractivity contribution in [2.24, 2.45) is 0 Å². The average Bonchev–Trinajstić information content (AvgIpc) is 2.28. The average molecular weight is 240 g/mol. The number of benzene rings is 2. The summed E-state index contributed by atoms with van der Waals surface area (Å²) >= 11 is 0.429. The highest BCUT2D eigenvalue weighted by molar-refractivity contribution is 8.02. The first kappa shape index (κ1) is 11.1. The summed E-state index contributed by atoms with van der Waals surface area (Å²) in [4.78, 5) is 0.462. The normalized spacial score (nSPS) is 10.4. The first-order valence-electron chi connectivity index (χ1n) is 4.54. The van der Waals surface area contributed by atoms with Gasteiger partial charge in [0.15, 0.2) is 0 Å². The Morgan fingerprint density at radius 1 is 0.875 bits per heavy atom. The summed E-state index contributed by atoms with van der Waals surface area (Å²) in [6, 6.07) is 12.6. The quantitative estimate of drug-likeness (QED) is 0.668. The molecule has 0 N–H and O–H groups in total. The van der Waals surface area contributed by atoms with Crippen molar-refractivity contribution in [3.63, 3.8) is 0 Å². The molecule has 0 heterocycles. The van der Waals surface area contributed by atoms with Gasteiger partial charge in [0.05, 0.1) is 0 Å². The highest BCUT2D eigenvalue weighted by Gasteiger charge is 2.07. The number of fused-ring (bicyclic) bond motifs is 1. The topological polar surface area (TPSA) is 0 Å². The molecule has 2 rings (SSSR count). The fourth-order valence-corrected chi connectivity index (χ4v) is 1.98. The Morgan fingerprint density at radius 3 is 2.25 bits per heavy atom. The fourth-order valence-electron chi connectivity index (χ4n) is 1.37. The molecule has 16 heavy (non-hydrogen) atoms. The predicted octanol–water partition coefficient (Wildman–Crippen LogP) is 4.97. The molecule has 82 valence electrons. The zero-order chi connectivity index (χ0) is 11.5. The second-order valence-electron chi connectivity index (χ2n) is 3.15. The van der Waals surface area contributed by atoms with Gasteiger partial charge in [0.1, 0.15) is 0 Å². The molecule has 0 aliphatic heterocycles. The van der Waals surface area contributed by atoms with Gasteiger partial charge in [0.2, 0.25) is 5.16 Å². The third-order valence-electron chi connectivity index (χ3n) is 2.08. The third-order valence-corrected chi connectivity index (χ3v) is 2.90. The summed E-state index contributed by atoms with van der Waals surface area (Å²) in [5, 5.41) is 0.451. The Kier molecular flexibility index (Phi) is 3.19. The summed E-state index contributed by atoms with van der Waals surface area (Å²) in [6.45, 7) is 0. The zero-order valence-electron chi connectivity index (χ0n) is 8.08. The van der Waals surface area contributed by atoms with Gasteiger partial charge >= 0.3 is 6.08 Å². The molecule has 0 nitrogen and oxygen atoms in total. The minimum absolute atomic E-state index is 0.429. The van der Waals surface area contributed by atoms with Gasteiger partial charge in [0.25, 0.3) is 0 Å². The van der Waals surface area contributed by atoms with Crippen LogP contribution in [-0.4, -0.2) is 0 Å². The van der Waals surface area contributed by atoms with E-state index in [0.717, 1.165) is 10.8 Å². The minimum atomic E-state index is -2.28. The van der Waals surface area contributed by atoms with Crippen LogP contribution in [0, 0.1) is 0 Å². The van der Waals surface area contributed by atoms with Gasteiger partial charge in [0, 0.05) is 4.90 Å². The van der Waals surface area contributed by atoms with Crippen molar-refractivity contribution in [2.75, 3.05) is 0 Å². The monoisotopic (exact) mass is 240 g/mol. The van der Waals surface area contributed by atoms with Crippen LogP contribution in [0.2, 0.25) is 0 Å². The standard InChI is InChI=1S/C12H7F3S/c13-11(14)12(15)16-10-6-5-8-3-1-2-4-9(8)7-10/h1-7H. The van der Waals surface area contributed by atoms with E-state index in [0.29, 0.717) is 16.7 Å².